The molecule has 0 bridgehead atoms. The van der Waals surface area contributed by atoms with Crippen molar-refractivity contribution in [1.29, 1.82) is 0 Å². The molecule has 1 fully saturated rings. The average molecular weight is 422 g/mol. The van der Waals surface area contributed by atoms with E-state index < -0.39 is 0 Å². The zero-order valence-corrected chi connectivity index (χ0v) is 18.8. The second-order valence-corrected chi connectivity index (χ2v) is 8.38. The number of hydrogen-bond acceptors (Lipinski definition) is 5. The Morgan fingerprint density at radius 1 is 1.10 bits per heavy atom. The molecule has 0 radical (unpaired) electrons. The van der Waals surface area contributed by atoms with Gasteiger partial charge in [-0.3, -0.25) is 0 Å². The summed E-state index contributed by atoms with van der Waals surface area (Å²) in [4.78, 5) is 28.1. The Labute approximate surface area is 183 Å². The lowest BCUT2D eigenvalue weighted by Gasteiger charge is -2.36. The number of benzene rings is 1. The highest BCUT2D eigenvalue weighted by Gasteiger charge is 2.26. The van der Waals surface area contributed by atoms with Crippen LogP contribution in [0.2, 0.25) is 0 Å². The van der Waals surface area contributed by atoms with Crippen LogP contribution in [-0.2, 0) is 0 Å². The van der Waals surface area contributed by atoms with Crippen LogP contribution < -0.4 is 4.90 Å². The number of fused-ring (bicyclic) bond motifs is 1. The van der Waals surface area contributed by atoms with E-state index in [2.05, 4.69) is 23.8 Å². The van der Waals surface area contributed by atoms with Gasteiger partial charge >= 0.3 is 6.03 Å². The van der Waals surface area contributed by atoms with Gasteiger partial charge in [-0.2, -0.15) is 5.10 Å². The van der Waals surface area contributed by atoms with E-state index in [1.807, 2.05) is 46.1 Å². The van der Waals surface area contributed by atoms with Crippen LogP contribution in [0.15, 0.2) is 36.5 Å². The normalized spacial score (nSPS) is 15.4. The van der Waals surface area contributed by atoms with E-state index in [0.29, 0.717) is 13.1 Å². The van der Waals surface area contributed by atoms with E-state index in [-0.39, 0.29) is 11.9 Å². The number of para-hydroxylation sites is 1. The van der Waals surface area contributed by atoms with E-state index in [1.54, 1.807) is 19.0 Å². The molecule has 1 aliphatic rings. The molecule has 3 heterocycles. The molecule has 0 N–H and O–H groups in total. The van der Waals surface area contributed by atoms with E-state index in [1.165, 1.54) is 0 Å². The molecule has 1 saturated heterocycles. The molecule has 31 heavy (non-hydrogen) atoms. The molecule has 1 aliphatic heterocycles. The topological polar surface area (TPSA) is 70.4 Å². The van der Waals surface area contributed by atoms with Crippen molar-refractivity contribution < 1.29 is 4.79 Å². The van der Waals surface area contributed by atoms with Gasteiger partial charge in [0.15, 0.2) is 5.65 Å². The molecular formula is C23H31N7O. The van der Waals surface area contributed by atoms with Gasteiger partial charge in [-0.1, -0.05) is 38.5 Å². The quantitative estimate of drug-likeness (QED) is 0.630. The maximum absolute atomic E-state index is 12.3. The van der Waals surface area contributed by atoms with E-state index in [0.717, 1.165) is 54.3 Å². The van der Waals surface area contributed by atoms with Crippen molar-refractivity contribution in [2.45, 2.75) is 32.6 Å². The van der Waals surface area contributed by atoms with Gasteiger partial charge in [-0.15, -0.1) is 0 Å². The number of anilines is 1. The van der Waals surface area contributed by atoms with Gasteiger partial charge in [-0.05, 0) is 18.6 Å². The number of nitrogens with zero attached hydrogens (tertiary/aromatic N) is 7. The molecule has 2 amide bonds. The number of piperazine rings is 1. The summed E-state index contributed by atoms with van der Waals surface area (Å²) in [7, 11) is 3.59. The monoisotopic (exact) mass is 421 g/mol. The molecule has 3 aromatic rings. The van der Waals surface area contributed by atoms with Crippen LogP contribution in [0.1, 0.15) is 38.4 Å². The summed E-state index contributed by atoms with van der Waals surface area (Å²) in [6, 6.07) is 10.1. The maximum Gasteiger partial charge on any atom is 0.319 e. The average Bonchev–Trinajstić information content (AvgIpc) is 3.23. The van der Waals surface area contributed by atoms with Crippen LogP contribution in [0.5, 0.6) is 0 Å². The summed E-state index contributed by atoms with van der Waals surface area (Å²) in [6.07, 6.45) is 3.99. The van der Waals surface area contributed by atoms with Crippen LogP contribution in [0.4, 0.5) is 10.6 Å². The molecule has 164 valence electrons. The van der Waals surface area contributed by atoms with Gasteiger partial charge in [0.2, 0.25) is 0 Å². The number of urea groups is 1. The highest BCUT2D eigenvalue weighted by Crippen LogP contribution is 2.29. The lowest BCUT2D eigenvalue weighted by atomic mass is 10.1. The van der Waals surface area contributed by atoms with Crippen LogP contribution >= 0.6 is 0 Å². The van der Waals surface area contributed by atoms with E-state index in [4.69, 9.17) is 9.97 Å². The molecular weight excluding hydrogens is 390 g/mol. The lowest BCUT2D eigenvalue weighted by Crippen LogP contribution is -2.51. The number of amides is 2. The number of rotatable bonds is 5. The number of hydrogen-bond donors (Lipinski definition) is 0. The van der Waals surface area contributed by atoms with Crippen molar-refractivity contribution in [2.75, 3.05) is 45.2 Å². The third kappa shape index (κ3) is 4.19. The third-order valence-electron chi connectivity index (χ3n) is 5.82. The smallest absolute Gasteiger partial charge is 0.319 e. The van der Waals surface area contributed by atoms with Crippen LogP contribution in [0.3, 0.4) is 0 Å². The second kappa shape index (κ2) is 8.91. The Kier molecular flexibility index (Phi) is 6.06. The molecule has 4 rings (SSSR count). The zero-order valence-electron chi connectivity index (χ0n) is 18.8. The highest BCUT2D eigenvalue weighted by molar-refractivity contribution is 5.88. The van der Waals surface area contributed by atoms with Gasteiger partial charge in [-0.25, -0.2) is 19.4 Å². The summed E-state index contributed by atoms with van der Waals surface area (Å²) >= 11 is 0. The van der Waals surface area contributed by atoms with E-state index >= 15 is 0 Å². The predicted molar refractivity (Wildman–Crippen MR) is 123 cm³/mol. The summed E-state index contributed by atoms with van der Waals surface area (Å²) < 4.78 is 1.90. The summed E-state index contributed by atoms with van der Waals surface area (Å²) in [6.45, 7) is 7.20. The van der Waals surface area contributed by atoms with Gasteiger partial charge in [0.1, 0.15) is 11.6 Å². The van der Waals surface area contributed by atoms with Crippen LogP contribution in [0.25, 0.3) is 16.7 Å². The van der Waals surface area contributed by atoms with Crippen molar-refractivity contribution in [3.8, 4) is 5.69 Å². The molecule has 1 atom stereocenters. The van der Waals surface area contributed by atoms with Gasteiger partial charge in [0.25, 0.3) is 0 Å². The molecule has 2 aromatic heterocycles. The van der Waals surface area contributed by atoms with Crippen molar-refractivity contribution in [3.63, 3.8) is 0 Å². The first-order chi connectivity index (χ1) is 15.0. The number of carbonyl (C=O) groups excluding carboxylic acids is 1. The fourth-order valence-corrected chi connectivity index (χ4v) is 4.08. The number of aromatic nitrogens is 4. The van der Waals surface area contributed by atoms with Crippen molar-refractivity contribution >= 4 is 22.9 Å². The summed E-state index contributed by atoms with van der Waals surface area (Å²) in [5, 5.41) is 5.60. The van der Waals surface area contributed by atoms with Crippen molar-refractivity contribution in [2.24, 2.45) is 0 Å². The largest absolute Gasteiger partial charge is 0.352 e. The minimum Gasteiger partial charge on any atom is -0.352 e. The Bertz CT molecular complexity index is 1040. The van der Waals surface area contributed by atoms with Gasteiger partial charge in [0.05, 0.1) is 17.3 Å². The standard InChI is InChI=1S/C23H31N7O/c1-5-9-17(2)20-25-21(28-12-14-29(15-13-28)23(31)27(3)4)19-16-24-30(22(19)26-20)18-10-7-6-8-11-18/h6-8,10-11,16-17H,5,9,12-15H2,1-4H3. The fraction of sp³-hybridized carbons (Fsp3) is 0.478. The minimum atomic E-state index is 0.0571. The highest BCUT2D eigenvalue weighted by atomic mass is 16.2. The second-order valence-electron chi connectivity index (χ2n) is 8.38. The first kappa shape index (κ1) is 21.1. The summed E-state index contributed by atoms with van der Waals surface area (Å²) in [5.74, 6) is 2.04. The zero-order chi connectivity index (χ0) is 22.0. The molecule has 8 nitrogen and oxygen atoms in total. The lowest BCUT2D eigenvalue weighted by molar-refractivity contribution is 0.168. The van der Waals surface area contributed by atoms with E-state index in [9.17, 15) is 4.79 Å². The van der Waals surface area contributed by atoms with Gasteiger partial charge in [0, 0.05) is 46.2 Å². The first-order valence-electron chi connectivity index (χ1n) is 11.0. The Hall–Kier alpha value is -3.16. The minimum absolute atomic E-state index is 0.0571. The Morgan fingerprint density at radius 3 is 2.45 bits per heavy atom. The molecule has 0 saturated carbocycles. The molecule has 0 aliphatic carbocycles. The third-order valence-corrected chi connectivity index (χ3v) is 5.82. The Morgan fingerprint density at radius 2 is 1.81 bits per heavy atom. The van der Waals surface area contributed by atoms with Crippen molar-refractivity contribution in [3.05, 3.63) is 42.4 Å². The number of carbonyl (C=O) groups is 1. The summed E-state index contributed by atoms with van der Waals surface area (Å²) in [5.41, 5.74) is 1.82. The van der Waals surface area contributed by atoms with Crippen LogP contribution in [0, 0.1) is 0 Å². The maximum atomic E-state index is 12.3. The van der Waals surface area contributed by atoms with Crippen LogP contribution in [-0.4, -0.2) is 75.9 Å². The Balaban J connectivity index is 1.72. The predicted octanol–water partition coefficient (Wildman–Crippen LogP) is 3.52. The molecule has 8 heteroatoms. The fourth-order valence-electron chi connectivity index (χ4n) is 4.08. The van der Waals surface area contributed by atoms with Gasteiger partial charge < -0.3 is 14.7 Å². The first-order valence-corrected chi connectivity index (χ1v) is 11.0. The van der Waals surface area contributed by atoms with Crippen molar-refractivity contribution in [1.82, 2.24) is 29.5 Å². The molecule has 1 aromatic carbocycles. The SMILES string of the molecule is CCCC(C)c1nc(N2CCN(C(=O)N(C)C)CC2)c2cnn(-c3ccccc3)c2n1. The molecule has 1 unspecified atom stereocenters. The molecule has 0 spiro atoms.